The third kappa shape index (κ3) is 3.17. The predicted octanol–water partition coefficient (Wildman–Crippen LogP) is 0.955. The molecule has 2 heterocycles. The van der Waals surface area contributed by atoms with Crippen molar-refractivity contribution in [1.29, 1.82) is 0 Å². The lowest BCUT2D eigenvalue weighted by molar-refractivity contribution is 0.154. The largest absolute Gasteiger partial charge is 0.391 e. The molecule has 1 N–H and O–H groups in total. The maximum absolute atomic E-state index is 12.4. The summed E-state index contributed by atoms with van der Waals surface area (Å²) < 4.78 is 26.4. The van der Waals surface area contributed by atoms with E-state index in [2.05, 4.69) is 18.7 Å². The van der Waals surface area contributed by atoms with Crippen LogP contribution in [0.5, 0.6) is 0 Å². The molecule has 0 radical (unpaired) electrons. The van der Waals surface area contributed by atoms with Gasteiger partial charge in [-0.3, -0.25) is 4.90 Å². The summed E-state index contributed by atoms with van der Waals surface area (Å²) >= 11 is 1.28. The minimum absolute atomic E-state index is 0.110. The van der Waals surface area contributed by atoms with Gasteiger partial charge in [0.15, 0.2) is 0 Å². The van der Waals surface area contributed by atoms with Crippen LogP contribution in [0.3, 0.4) is 0 Å². The van der Waals surface area contributed by atoms with E-state index < -0.39 is 10.0 Å². The molecule has 1 saturated heterocycles. The first-order valence-corrected chi connectivity index (χ1v) is 8.69. The molecular weight excluding hydrogens is 284 g/mol. The number of rotatable bonds is 4. The zero-order valence-corrected chi connectivity index (χ0v) is 12.9. The minimum atomic E-state index is -3.39. The third-order valence-electron chi connectivity index (χ3n) is 3.43. The topological polar surface area (TPSA) is 60.9 Å². The van der Waals surface area contributed by atoms with Crippen LogP contribution in [0.2, 0.25) is 0 Å². The Kier molecular flexibility index (Phi) is 4.62. The molecule has 0 amide bonds. The summed E-state index contributed by atoms with van der Waals surface area (Å²) in [5.41, 5.74) is 0. The molecule has 108 valence electrons. The van der Waals surface area contributed by atoms with Crippen LogP contribution in [-0.2, 0) is 16.6 Å². The summed E-state index contributed by atoms with van der Waals surface area (Å²) in [4.78, 5) is 3.26. The molecule has 2 rings (SSSR count). The molecule has 0 aliphatic carbocycles. The molecule has 7 heteroatoms. The highest BCUT2D eigenvalue weighted by atomic mass is 32.2. The Bertz CT molecular complexity index is 517. The van der Waals surface area contributed by atoms with Crippen LogP contribution in [-0.4, -0.2) is 55.0 Å². The second kappa shape index (κ2) is 5.88. The van der Waals surface area contributed by atoms with Crippen LogP contribution >= 0.6 is 11.3 Å². The van der Waals surface area contributed by atoms with Gasteiger partial charge in [-0.15, -0.1) is 11.3 Å². The Balaban J connectivity index is 2.09. The second-order valence-electron chi connectivity index (χ2n) is 4.94. The fourth-order valence-corrected chi connectivity index (χ4v) is 4.73. The predicted molar refractivity (Wildman–Crippen MR) is 75.7 cm³/mol. The van der Waals surface area contributed by atoms with Crippen LogP contribution in [0.4, 0.5) is 0 Å². The fourth-order valence-electron chi connectivity index (χ4n) is 2.19. The number of sulfonamides is 1. The highest BCUT2D eigenvalue weighted by Gasteiger charge is 2.29. The smallest absolute Gasteiger partial charge is 0.243 e. The van der Waals surface area contributed by atoms with Gasteiger partial charge in [-0.1, -0.05) is 0 Å². The number of aliphatic hydroxyl groups excluding tert-OH is 1. The van der Waals surface area contributed by atoms with Gasteiger partial charge in [0.05, 0.1) is 11.5 Å². The summed E-state index contributed by atoms with van der Waals surface area (Å²) in [5, 5.41) is 10.6. The molecule has 1 aromatic heterocycles. The van der Waals surface area contributed by atoms with Crippen molar-refractivity contribution < 1.29 is 13.5 Å². The molecule has 5 nitrogen and oxygen atoms in total. The van der Waals surface area contributed by atoms with Crippen molar-refractivity contribution in [2.75, 3.05) is 26.2 Å². The number of hydrogen-bond acceptors (Lipinski definition) is 5. The molecule has 0 spiro atoms. The molecule has 1 aliphatic heterocycles. The van der Waals surface area contributed by atoms with Gasteiger partial charge >= 0.3 is 0 Å². The monoisotopic (exact) mass is 304 g/mol. The number of nitrogens with zero attached hydrogens (tertiary/aromatic N) is 2. The van der Waals surface area contributed by atoms with Crippen LogP contribution in [0.15, 0.2) is 16.3 Å². The first kappa shape index (κ1) is 14.9. The van der Waals surface area contributed by atoms with E-state index in [1.807, 2.05) is 0 Å². The first-order valence-electron chi connectivity index (χ1n) is 6.37. The summed E-state index contributed by atoms with van der Waals surface area (Å²) in [7, 11) is -3.39. The van der Waals surface area contributed by atoms with Gasteiger partial charge in [-0.05, 0) is 19.9 Å². The van der Waals surface area contributed by atoms with Crippen molar-refractivity contribution in [2.45, 2.75) is 31.4 Å². The van der Waals surface area contributed by atoms with Crippen molar-refractivity contribution in [3.63, 3.8) is 0 Å². The van der Waals surface area contributed by atoms with Gasteiger partial charge in [0, 0.05) is 42.5 Å². The van der Waals surface area contributed by atoms with E-state index in [1.165, 1.54) is 15.6 Å². The van der Waals surface area contributed by atoms with Crippen molar-refractivity contribution in [3.05, 3.63) is 16.3 Å². The molecule has 0 atom stereocenters. The first-order chi connectivity index (χ1) is 8.95. The number of aliphatic hydroxyl groups is 1. The van der Waals surface area contributed by atoms with E-state index in [9.17, 15) is 8.42 Å². The molecule has 0 saturated carbocycles. The highest BCUT2D eigenvalue weighted by molar-refractivity contribution is 7.89. The lowest BCUT2D eigenvalue weighted by atomic mass is 10.3. The van der Waals surface area contributed by atoms with E-state index in [0.717, 1.165) is 13.1 Å². The molecule has 1 aliphatic rings. The van der Waals surface area contributed by atoms with E-state index >= 15 is 0 Å². The Labute approximate surface area is 118 Å². The van der Waals surface area contributed by atoms with Crippen LogP contribution in [0, 0.1) is 0 Å². The molecule has 0 unspecified atom stereocenters. The Morgan fingerprint density at radius 1 is 1.32 bits per heavy atom. The van der Waals surface area contributed by atoms with Gasteiger partial charge in [0.1, 0.15) is 0 Å². The Morgan fingerprint density at radius 3 is 2.42 bits per heavy atom. The lowest BCUT2D eigenvalue weighted by Crippen LogP contribution is -2.50. The van der Waals surface area contributed by atoms with E-state index in [4.69, 9.17) is 5.11 Å². The van der Waals surface area contributed by atoms with Crippen molar-refractivity contribution in [3.8, 4) is 0 Å². The normalized spacial score (nSPS) is 19.2. The fraction of sp³-hybridized carbons (Fsp3) is 0.667. The molecule has 1 aromatic rings. The zero-order chi connectivity index (χ0) is 14.0. The molecule has 0 aromatic carbocycles. The van der Waals surface area contributed by atoms with Gasteiger partial charge in [0.2, 0.25) is 10.0 Å². The number of hydrogen-bond donors (Lipinski definition) is 1. The molecule has 1 fully saturated rings. The van der Waals surface area contributed by atoms with E-state index in [1.54, 1.807) is 11.4 Å². The van der Waals surface area contributed by atoms with Crippen molar-refractivity contribution in [2.24, 2.45) is 0 Å². The summed E-state index contributed by atoms with van der Waals surface area (Å²) in [5.74, 6) is 0. The maximum atomic E-state index is 12.4. The van der Waals surface area contributed by atoms with Crippen LogP contribution in [0.1, 0.15) is 18.7 Å². The molecule has 0 bridgehead atoms. The lowest BCUT2D eigenvalue weighted by Gasteiger charge is -2.36. The summed E-state index contributed by atoms with van der Waals surface area (Å²) in [6.45, 7) is 6.74. The average Bonchev–Trinajstić information content (AvgIpc) is 2.88. The zero-order valence-electron chi connectivity index (χ0n) is 11.2. The van der Waals surface area contributed by atoms with Crippen LogP contribution < -0.4 is 0 Å². The van der Waals surface area contributed by atoms with E-state index in [-0.39, 0.29) is 6.61 Å². The van der Waals surface area contributed by atoms with Crippen molar-refractivity contribution in [1.82, 2.24) is 9.21 Å². The minimum Gasteiger partial charge on any atom is -0.391 e. The number of piperazine rings is 1. The average molecular weight is 304 g/mol. The van der Waals surface area contributed by atoms with Crippen LogP contribution in [0.25, 0.3) is 0 Å². The van der Waals surface area contributed by atoms with Gasteiger partial charge in [0.25, 0.3) is 0 Å². The van der Waals surface area contributed by atoms with Gasteiger partial charge < -0.3 is 5.11 Å². The second-order valence-corrected chi connectivity index (χ2v) is 7.87. The number of thiophene rings is 1. The maximum Gasteiger partial charge on any atom is 0.243 e. The summed E-state index contributed by atoms with van der Waals surface area (Å²) in [6, 6.07) is 2.02. The SMILES string of the molecule is CC(C)N1CCN(S(=O)(=O)c2csc(CO)c2)CC1. The van der Waals surface area contributed by atoms with Gasteiger partial charge in [-0.25, -0.2) is 8.42 Å². The van der Waals surface area contributed by atoms with Gasteiger partial charge in [-0.2, -0.15) is 4.31 Å². The molecule has 19 heavy (non-hydrogen) atoms. The Morgan fingerprint density at radius 2 is 1.95 bits per heavy atom. The third-order valence-corrected chi connectivity index (χ3v) is 6.37. The summed E-state index contributed by atoms with van der Waals surface area (Å²) in [6.07, 6.45) is 0. The van der Waals surface area contributed by atoms with E-state index in [0.29, 0.717) is 28.9 Å². The molecular formula is C12H20N2O3S2. The quantitative estimate of drug-likeness (QED) is 0.900. The Hall–Kier alpha value is -0.470. The highest BCUT2D eigenvalue weighted by Crippen LogP contribution is 2.23. The van der Waals surface area contributed by atoms with Crippen molar-refractivity contribution >= 4 is 21.4 Å². The standard InChI is InChI=1S/C12H20N2O3S2/c1-10(2)13-3-5-14(6-4-13)19(16,17)12-7-11(8-15)18-9-12/h7,9-10,15H,3-6,8H2,1-2H3.